The third kappa shape index (κ3) is 5.19. The Balaban J connectivity index is 1.55. The minimum Gasteiger partial charge on any atom is -0.444 e. The molecule has 2 aromatic rings. The van der Waals surface area contributed by atoms with Crippen LogP contribution in [0.15, 0.2) is 27.6 Å². The van der Waals surface area contributed by atoms with Gasteiger partial charge in [0.2, 0.25) is 5.89 Å². The molecule has 0 radical (unpaired) electrons. The summed E-state index contributed by atoms with van der Waals surface area (Å²) in [7, 11) is 0. The van der Waals surface area contributed by atoms with Crippen LogP contribution >= 0.6 is 11.6 Å². The van der Waals surface area contributed by atoms with E-state index in [4.69, 9.17) is 16.0 Å². The normalized spacial score (nSPS) is 17.2. The Morgan fingerprint density at radius 3 is 2.86 bits per heavy atom. The van der Waals surface area contributed by atoms with E-state index in [1.807, 2.05) is 19.9 Å². The van der Waals surface area contributed by atoms with Crippen LogP contribution in [0.5, 0.6) is 0 Å². The molecule has 1 aliphatic heterocycles. The van der Waals surface area contributed by atoms with E-state index in [2.05, 4.69) is 51.5 Å². The number of nitrogens with one attached hydrogen (secondary N) is 2. The standard InChI is InChI=1S/C21H30ClN5O/c1-5-23-21(25-12-20-26-15(3)16(4)28-20)24-11-17-8-9-27(13-17)19-10-18(22)7-6-14(19)2/h6-7,10,17H,5,8-9,11-13H2,1-4H3,(H2,23,24,25). The van der Waals surface area contributed by atoms with Crippen molar-refractivity contribution in [1.82, 2.24) is 15.6 Å². The van der Waals surface area contributed by atoms with Gasteiger partial charge in [0.15, 0.2) is 5.96 Å². The van der Waals surface area contributed by atoms with Crippen LogP contribution in [0.2, 0.25) is 5.02 Å². The monoisotopic (exact) mass is 403 g/mol. The number of guanidine groups is 1. The van der Waals surface area contributed by atoms with Crippen molar-refractivity contribution in [2.24, 2.45) is 10.9 Å². The van der Waals surface area contributed by atoms with Gasteiger partial charge in [0.1, 0.15) is 12.3 Å². The largest absolute Gasteiger partial charge is 0.444 e. The number of halogens is 1. The number of rotatable bonds is 6. The lowest BCUT2D eigenvalue weighted by molar-refractivity contribution is 0.472. The molecule has 6 nitrogen and oxygen atoms in total. The molecule has 1 atom stereocenters. The summed E-state index contributed by atoms with van der Waals surface area (Å²) in [4.78, 5) is 11.4. The second-order valence-corrected chi connectivity index (χ2v) is 7.79. The molecular weight excluding hydrogens is 374 g/mol. The van der Waals surface area contributed by atoms with Gasteiger partial charge < -0.3 is 20.0 Å². The van der Waals surface area contributed by atoms with E-state index in [9.17, 15) is 0 Å². The predicted molar refractivity (Wildman–Crippen MR) is 115 cm³/mol. The van der Waals surface area contributed by atoms with Gasteiger partial charge in [0.05, 0.1) is 5.69 Å². The van der Waals surface area contributed by atoms with Gasteiger partial charge in [0, 0.05) is 36.9 Å². The fourth-order valence-corrected chi connectivity index (χ4v) is 3.64. The maximum absolute atomic E-state index is 6.19. The van der Waals surface area contributed by atoms with Crippen LogP contribution in [0, 0.1) is 26.7 Å². The lowest BCUT2D eigenvalue weighted by Gasteiger charge is -2.21. The molecule has 0 aliphatic carbocycles. The minimum atomic E-state index is 0.433. The number of aromatic nitrogens is 1. The number of hydrogen-bond acceptors (Lipinski definition) is 4. The zero-order valence-electron chi connectivity index (χ0n) is 17.2. The van der Waals surface area contributed by atoms with Crippen LogP contribution in [-0.4, -0.2) is 37.1 Å². The quantitative estimate of drug-likeness (QED) is 0.566. The third-order valence-corrected chi connectivity index (χ3v) is 5.38. The molecule has 0 spiro atoms. The van der Waals surface area contributed by atoms with Gasteiger partial charge >= 0.3 is 0 Å². The van der Waals surface area contributed by atoms with Gasteiger partial charge in [-0.3, -0.25) is 0 Å². The highest BCUT2D eigenvalue weighted by Gasteiger charge is 2.24. The van der Waals surface area contributed by atoms with Crippen molar-refractivity contribution < 1.29 is 4.42 Å². The highest BCUT2D eigenvalue weighted by atomic mass is 35.5. The molecule has 3 rings (SSSR count). The lowest BCUT2D eigenvalue weighted by atomic mass is 10.1. The smallest absolute Gasteiger partial charge is 0.216 e. The summed E-state index contributed by atoms with van der Waals surface area (Å²) in [6.45, 7) is 12.3. The van der Waals surface area contributed by atoms with E-state index in [0.717, 1.165) is 55.0 Å². The molecule has 1 aromatic heterocycles. The molecule has 7 heteroatoms. The fraction of sp³-hybridized carbons (Fsp3) is 0.524. The summed E-state index contributed by atoms with van der Waals surface area (Å²) < 4.78 is 5.61. The summed E-state index contributed by atoms with van der Waals surface area (Å²) in [5.41, 5.74) is 3.43. The first kappa shape index (κ1) is 20.5. The average Bonchev–Trinajstić information content (AvgIpc) is 3.26. The summed E-state index contributed by atoms with van der Waals surface area (Å²) >= 11 is 6.19. The van der Waals surface area contributed by atoms with Gasteiger partial charge in [-0.05, 0) is 57.7 Å². The molecule has 0 amide bonds. The first-order valence-electron chi connectivity index (χ1n) is 9.92. The van der Waals surface area contributed by atoms with E-state index >= 15 is 0 Å². The zero-order chi connectivity index (χ0) is 20.1. The number of benzene rings is 1. The van der Waals surface area contributed by atoms with Crippen LogP contribution in [-0.2, 0) is 6.54 Å². The highest BCUT2D eigenvalue weighted by Crippen LogP contribution is 2.29. The highest BCUT2D eigenvalue weighted by molar-refractivity contribution is 6.30. The number of hydrogen-bond donors (Lipinski definition) is 2. The van der Waals surface area contributed by atoms with Crippen LogP contribution in [0.4, 0.5) is 5.69 Å². The Morgan fingerprint density at radius 1 is 1.32 bits per heavy atom. The number of aliphatic imine (C=N–C) groups is 1. The molecule has 0 saturated carbocycles. The molecular formula is C21H30ClN5O. The van der Waals surface area contributed by atoms with E-state index in [1.165, 1.54) is 11.3 Å². The van der Waals surface area contributed by atoms with Crippen molar-refractivity contribution in [2.45, 2.75) is 40.7 Å². The molecule has 2 heterocycles. The van der Waals surface area contributed by atoms with Crippen molar-refractivity contribution in [3.63, 3.8) is 0 Å². The molecule has 0 bridgehead atoms. The number of anilines is 1. The van der Waals surface area contributed by atoms with Crippen molar-refractivity contribution in [3.05, 3.63) is 46.1 Å². The number of nitrogens with zero attached hydrogens (tertiary/aromatic N) is 3. The maximum atomic E-state index is 6.19. The van der Waals surface area contributed by atoms with Crippen LogP contribution in [0.1, 0.15) is 36.3 Å². The molecule has 1 aliphatic rings. The van der Waals surface area contributed by atoms with Crippen molar-refractivity contribution in [3.8, 4) is 0 Å². The summed E-state index contributed by atoms with van der Waals surface area (Å²) in [6.07, 6.45) is 1.15. The molecule has 152 valence electrons. The third-order valence-electron chi connectivity index (χ3n) is 5.15. The van der Waals surface area contributed by atoms with Crippen molar-refractivity contribution in [2.75, 3.05) is 31.1 Å². The Hall–Kier alpha value is -2.21. The molecule has 1 aromatic carbocycles. The maximum Gasteiger partial charge on any atom is 0.216 e. The minimum absolute atomic E-state index is 0.433. The topological polar surface area (TPSA) is 65.7 Å². The Labute approximate surface area is 172 Å². The molecule has 1 fully saturated rings. The van der Waals surface area contributed by atoms with Crippen molar-refractivity contribution in [1.29, 1.82) is 0 Å². The van der Waals surface area contributed by atoms with Crippen LogP contribution in [0.3, 0.4) is 0 Å². The first-order valence-corrected chi connectivity index (χ1v) is 10.3. The lowest BCUT2D eigenvalue weighted by Crippen LogP contribution is -2.40. The van der Waals surface area contributed by atoms with Gasteiger partial charge in [-0.15, -0.1) is 0 Å². The van der Waals surface area contributed by atoms with E-state index < -0.39 is 0 Å². The predicted octanol–water partition coefficient (Wildman–Crippen LogP) is 3.83. The summed E-state index contributed by atoms with van der Waals surface area (Å²) in [5.74, 6) is 2.86. The van der Waals surface area contributed by atoms with Crippen molar-refractivity contribution >= 4 is 23.2 Å². The SMILES string of the molecule is CCNC(=NCc1nc(C)c(C)o1)NCC1CCN(c2cc(Cl)ccc2C)C1. The number of oxazole rings is 1. The van der Waals surface area contributed by atoms with E-state index in [1.54, 1.807) is 0 Å². The Bertz CT molecular complexity index is 813. The average molecular weight is 404 g/mol. The molecule has 2 N–H and O–H groups in total. The van der Waals surface area contributed by atoms with Gasteiger partial charge in [-0.1, -0.05) is 17.7 Å². The zero-order valence-corrected chi connectivity index (χ0v) is 17.9. The fourth-order valence-electron chi connectivity index (χ4n) is 3.48. The van der Waals surface area contributed by atoms with E-state index in [0.29, 0.717) is 18.4 Å². The second kappa shape index (κ2) is 9.32. The molecule has 28 heavy (non-hydrogen) atoms. The molecule has 1 saturated heterocycles. The summed E-state index contributed by atoms with van der Waals surface area (Å²) in [5, 5.41) is 7.56. The Morgan fingerprint density at radius 2 is 2.14 bits per heavy atom. The first-order chi connectivity index (χ1) is 13.5. The van der Waals surface area contributed by atoms with E-state index in [-0.39, 0.29) is 0 Å². The van der Waals surface area contributed by atoms with Gasteiger partial charge in [-0.2, -0.15) is 0 Å². The van der Waals surface area contributed by atoms with Crippen LogP contribution < -0.4 is 15.5 Å². The summed E-state index contributed by atoms with van der Waals surface area (Å²) in [6, 6.07) is 6.11. The van der Waals surface area contributed by atoms with Crippen LogP contribution in [0.25, 0.3) is 0 Å². The second-order valence-electron chi connectivity index (χ2n) is 7.36. The molecule has 1 unspecified atom stereocenters. The van der Waals surface area contributed by atoms with Gasteiger partial charge in [-0.25, -0.2) is 9.98 Å². The number of aryl methyl sites for hydroxylation is 3. The Kier molecular flexibility index (Phi) is 6.83. The van der Waals surface area contributed by atoms with Gasteiger partial charge in [0.25, 0.3) is 0 Å².